The lowest BCUT2D eigenvalue weighted by Crippen LogP contribution is -2.27. The molecule has 8 heteroatoms. The molecule has 2 heterocycles. The molecule has 156 valence electrons. The third-order valence-electron chi connectivity index (χ3n) is 4.03. The van der Waals surface area contributed by atoms with Gasteiger partial charge in [-0.1, -0.05) is 12.1 Å². The summed E-state index contributed by atoms with van der Waals surface area (Å²) in [7, 11) is 0. The van der Waals surface area contributed by atoms with E-state index in [9.17, 15) is 9.59 Å². The molecule has 0 saturated heterocycles. The minimum atomic E-state index is -0.559. The van der Waals surface area contributed by atoms with Crippen molar-refractivity contribution in [2.45, 2.75) is 39.3 Å². The molecule has 0 aliphatic rings. The highest BCUT2D eigenvalue weighted by molar-refractivity contribution is 5.85. The van der Waals surface area contributed by atoms with Crippen molar-refractivity contribution in [2.24, 2.45) is 0 Å². The van der Waals surface area contributed by atoms with Crippen molar-refractivity contribution in [3.63, 3.8) is 0 Å². The number of nitrogens with zero attached hydrogens (tertiary/aromatic N) is 3. The maximum Gasteiger partial charge on any atom is 0.412 e. The highest BCUT2D eigenvalue weighted by Crippen LogP contribution is 2.13. The molecule has 8 nitrogen and oxygen atoms in total. The fraction of sp³-hybridized carbons (Fsp3) is 0.273. The minimum Gasteiger partial charge on any atom is -0.444 e. The molecule has 2 N–H and O–H groups in total. The van der Waals surface area contributed by atoms with E-state index in [4.69, 9.17) is 4.74 Å². The smallest absolute Gasteiger partial charge is 0.412 e. The molecule has 0 radical (unpaired) electrons. The molecule has 0 spiro atoms. The highest BCUT2D eigenvalue weighted by atomic mass is 16.6. The zero-order valence-corrected chi connectivity index (χ0v) is 17.3. The fourth-order valence-electron chi connectivity index (χ4n) is 2.68. The number of carbonyl (C=O) groups is 2. The predicted molar refractivity (Wildman–Crippen MR) is 113 cm³/mol. The van der Waals surface area contributed by atoms with Crippen LogP contribution in [0.25, 0.3) is 5.82 Å². The van der Waals surface area contributed by atoms with Crippen molar-refractivity contribution < 1.29 is 14.3 Å². The number of hydrogen-bond donors (Lipinski definition) is 2. The van der Waals surface area contributed by atoms with Gasteiger partial charge in [-0.2, -0.15) is 0 Å². The molecular formula is C22H25N5O3. The van der Waals surface area contributed by atoms with Gasteiger partial charge in [0.15, 0.2) is 0 Å². The summed E-state index contributed by atoms with van der Waals surface area (Å²) < 4.78 is 7.02. The number of pyridine rings is 1. The molecule has 0 aliphatic carbocycles. The van der Waals surface area contributed by atoms with Gasteiger partial charge in [0.25, 0.3) is 0 Å². The number of ether oxygens (including phenoxy) is 1. The lowest BCUT2D eigenvalue weighted by molar-refractivity contribution is -0.120. The van der Waals surface area contributed by atoms with Gasteiger partial charge < -0.3 is 10.1 Å². The van der Waals surface area contributed by atoms with E-state index in [0.29, 0.717) is 12.2 Å². The number of hydrogen-bond acceptors (Lipinski definition) is 5. The van der Waals surface area contributed by atoms with Crippen LogP contribution in [-0.4, -0.2) is 32.1 Å². The van der Waals surface area contributed by atoms with Crippen LogP contribution in [0.4, 0.5) is 10.5 Å². The minimum absolute atomic E-state index is 0.0937. The molecule has 3 rings (SSSR count). The van der Waals surface area contributed by atoms with Crippen molar-refractivity contribution >= 4 is 17.7 Å². The van der Waals surface area contributed by atoms with Gasteiger partial charge in [0.2, 0.25) is 5.91 Å². The molecule has 0 fully saturated rings. The van der Waals surface area contributed by atoms with E-state index >= 15 is 0 Å². The molecule has 0 atom stereocenters. The first-order valence-corrected chi connectivity index (χ1v) is 9.57. The first-order valence-electron chi connectivity index (χ1n) is 9.57. The van der Waals surface area contributed by atoms with Crippen LogP contribution in [0.1, 0.15) is 31.9 Å². The Kier molecular flexibility index (Phi) is 6.46. The Hall–Kier alpha value is -3.68. The van der Waals surface area contributed by atoms with Gasteiger partial charge in [-0.15, -0.1) is 0 Å². The van der Waals surface area contributed by atoms with Crippen LogP contribution in [0.3, 0.4) is 0 Å². The topological polar surface area (TPSA) is 98.1 Å². The van der Waals surface area contributed by atoms with Crippen molar-refractivity contribution in [1.82, 2.24) is 19.9 Å². The normalized spacial score (nSPS) is 11.0. The lowest BCUT2D eigenvalue weighted by atomic mass is 10.1. The van der Waals surface area contributed by atoms with E-state index in [0.717, 1.165) is 16.9 Å². The molecule has 2 aromatic heterocycles. The van der Waals surface area contributed by atoms with E-state index in [2.05, 4.69) is 20.6 Å². The second kappa shape index (κ2) is 9.21. The van der Waals surface area contributed by atoms with Gasteiger partial charge >= 0.3 is 6.09 Å². The number of benzene rings is 1. The third-order valence-corrected chi connectivity index (χ3v) is 4.03. The monoisotopic (exact) mass is 407 g/mol. The molecule has 0 unspecified atom stereocenters. The van der Waals surface area contributed by atoms with E-state index in [1.165, 1.54) is 0 Å². The number of nitrogens with one attached hydrogen (secondary N) is 2. The highest BCUT2D eigenvalue weighted by Gasteiger charge is 2.16. The third kappa shape index (κ3) is 6.44. The average Bonchev–Trinajstić information content (AvgIpc) is 3.22. The van der Waals surface area contributed by atoms with Crippen LogP contribution in [0.2, 0.25) is 0 Å². The largest absolute Gasteiger partial charge is 0.444 e. The molecule has 1 aromatic carbocycles. The van der Waals surface area contributed by atoms with Gasteiger partial charge in [-0.3, -0.25) is 14.7 Å². The summed E-state index contributed by atoms with van der Waals surface area (Å²) in [6.45, 7) is 5.82. The zero-order valence-electron chi connectivity index (χ0n) is 17.3. The molecular weight excluding hydrogens is 382 g/mol. The summed E-state index contributed by atoms with van der Waals surface area (Å²) in [4.78, 5) is 32.4. The number of imidazole rings is 1. The van der Waals surface area contributed by atoms with Gasteiger partial charge in [0, 0.05) is 30.8 Å². The van der Waals surface area contributed by atoms with Crippen LogP contribution in [0.15, 0.2) is 61.3 Å². The molecule has 2 amide bonds. The van der Waals surface area contributed by atoms with Crippen molar-refractivity contribution in [3.8, 4) is 5.82 Å². The number of amides is 2. The SMILES string of the molecule is CC(C)(C)OC(=O)Nc1ccc(CC(=O)NCc2ccnc(-n3ccnc3)c2)cc1. The Morgan fingerprint density at radius 2 is 1.83 bits per heavy atom. The standard InChI is InChI=1S/C22H25N5O3/c1-22(2,3)30-21(29)26-18-6-4-16(5-7-18)13-20(28)25-14-17-8-9-24-19(12-17)27-11-10-23-15-27/h4-12,15H,13-14H2,1-3H3,(H,25,28)(H,26,29). The van der Waals surface area contributed by atoms with Gasteiger partial charge in [-0.05, 0) is 56.2 Å². The van der Waals surface area contributed by atoms with E-state index < -0.39 is 11.7 Å². The Labute approximate surface area is 175 Å². The molecule has 0 saturated carbocycles. The number of carbonyl (C=O) groups excluding carboxylic acids is 2. The maximum absolute atomic E-state index is 12.3. The van der Waals surface area contributed by atoms with Gasteiger partial charge in [0.1, 0.15) is 17.7 Å². The van der Waals surface area contributed by atoms with Gasteiger partial charge in [0.05, 0.1) is 6.42 Å². The Morgan fingerprint density at radius 3 is 2.50 bits per heavy atom. The van der Waals surface area contributed by atoms with Crippen molar-refractivity contribution in [3.05, 3.63) is 72.4 Å². The first-order chi connectivity index (χ1) is 14.3. The van der Waals surface area contributed by atoms with Crippen LogP contribution in [0.5, 0.6) is 0 Å². The van der Waals surface area contributed by atoms with Crippen LogP contribution < -0.4 is 10.6 Å². The van der Waals surface area contributed by atoms with E-state index in [-0.39, 0.29) is 12.3 Å². The second-order valence-electron chi connectivity index (χ2n) is 7.77. The van der Waals surface area contributed by atoms with Crippen LogP contribution in [-0.2, 0) is 22.5 Å². The zero-order chi connectivity index (χ0) is 21.6. The fourth-order valence-corrected chi connectivity index (χ4v) is 2.68. The molecule has 0 aliphatic heterocycles. The number of anilines is 1. The van der Waals surface area contributed by atoms with E-state index in [1.807, 2.05) is 18.3 Å². The summed E-state index contributed by atoms with van der Waals surface area (Å²) in [5.41, 5.74) is 1.84. The number of aromatic nitrogens is 3. The van der Waals surface area contributed by atoms with Crippen LogP contribution in [0, 0.1) is 0 Å². The summed E-state index contributed by atoms with van der Waals surface area (Å²) in [6, 6.07) is 10.8. The van der Waals surface area contributed by atoms with Crippen molar-refractivity contribution in [2.75, 3.05) is 5.32 Å². The summed E-state index contributed by atoms with van der Waals surface area (Å²) in [5.74, 6) is 0.649. The van der Waals surface area contributed by atoms with Gasteiger partial charge in [-0.25, -0.2) is 14.8 Å². The summed E-state index contributed by atoms with van der Waals surface area (Å²) in [6.07, 6.45) is 6.60. The second-order valence-corrected chi connectivity index (χ2v) is 7.77. The lowest BCUT2D eigenvalue weighted by Gasteiger charge is -2.19. The average molecular weight is 407 g/mol. The van der Waals surface area contributed by atoms with Crippen LogP contribution >= 0.6 is 0 Å². The quantitative estimate of drug-likeness (QED) is 0.652. The maximum atomic E-state index is 12.3. The first kappa shape index (κ1) is 21.0. The molecule has 0 bridgehead atoms. The Balaban J connectivity index is 1.49. The van der Waals surface area contributed by atoms with Crippen molar-refractivity contribution in [1.29, 1.82) is 0 Å². The Morgan fingerprint density at radius 1 is 1.07 bits per heavy atom. The van der Waals surface area contributed by atoms with E-state index in [1.54, 1.807) is 68.3 Å². The summed E-state index contributed by atoms with van der Waals surface area (Å²) >= 11 is 0. The summed E-state index contributed by atoms with van der Waals surface area (Å²) in [5, 5.41) is 5.58. The Bertz CT molecular complexity index is 992. The molecule has 30 heavy (non-hydrogen) atoms. The predicted octanol–water partition coefficient (Wildman–Crippen LogP) is 3.47. The molecule has 3 aromatic rings. The number of rotatable bonds is 6.